The van der Waals surface area contributed by atoms with E-state index in [1.54, 1.807) is 15.9 Å². The van der Waals surface area contributed by atoms with E-state index in [0.717, 1.165) is 4.91 Å². The molecule has 0 saturated carbocycles. The van der Waals surface area contributed by atoms with E-state index in [2.05, 4.69) is 130 Å². The average molecular weight is 502 g/mol. The van der Waals surface area contributed by atoms with Crippen molar-refractivity contribution in [2.75, 3.05) is 0 Å². The highest BCUT2D eigenvalue weighted by molar-refractivity contribution is 7.99. The second kappa shape index (κ2) is 9.43. The molecule has 3 aromatic carbocycles. The molecule has 3 aromatic rings. The van der Waals surface area contributed by atoms with Crippen molar-refractivity contribution >= 4 is 39.3 Å². The first-order chi connectivity index (χ1) is 13.2. The van der Waals surface area contributed by atoms with Crippen molar-refractivity contribution in [1.29, 1.82) is 0 Å². The fraction of sp³-hybridized carbons (Fsp3) is 0.280. The maximum absolute atomic E-state index is 2.60. The monoisotopic (exact) mass is 500 g/mol. The Hall–Kier alpha value is -0.996. The quantitative estimate of drug-likeness (QED) is 0.360. The number of hydrogen-bond donors (Lipinski definition) is 0. The van der Waals surface area contributed by atoms with Gasteiger partial charge in [0.15, 0.2) is 0 Å². The molecule has 4 heteroatoms. The van der Waals surface area contributed by atoms with Gasteiger partial charge in [0.25, 0.3) is 0 Å². The van der Waals surface area contributed by atoms with E-state index in [-0.39, 0.29) is 17.0 Å². The van der Waals surface area contributed by atoms with E-state index in [9.17, 15) is 0 Å². The summed E-state index contributed by atoms with van der Waals surface area (Å²) >= 11 is 0. The zero-order valence-electron chi connectivity index (χ0n) is 18.6. The Morgan fingerprint density at radius 1 is 0.483 bits per heavy atom. The van der Waals surface area contributed by atoms with E-state index in [0.29, 0.717) is 0 Å². The van der Waals surface area contributed by atoms with Crippen LogP contribution in [-0.4, -0.2) is 21.1 Å². The first-order valence-electron chi connectivity index (χ1n) is 10.2. The van der Waals surface area contributed by atoms with Gasteiger partial charge in [0.2, 0.25) is 0 Å². The molecule has 0 fully saturated rings. The summed E-state index contributed by atoms with van der Waals surface area (Å²) in [6, 6.07) is 34.3. The number of rotatable bonds is 6. The molecular weight excluding hydrogens is 467 g/mol. The minimum atomic E-state index is -1.78. The van der Waals surface area contributed by atoms with Crippen LogP contribution in [0.25, 0.3) is 0 Å². The fourth-order valence-electron chi connectivity index (χ4n) is 5.34. The van der Waals surface area contributed by atoms with Gasteiger partial charge in [-0.2, -0.15) is 0 Å². The summed E-state index contributed by atoms with van der Waals surface area (Å²) in [6.07, 6.45) is 0. The topological polar surface area (TPSA) is 0 Å². The molecule has 0 nitrogen and oxygen atoms in total. The summed E-state index contributed by atoms with van der Waals surface area (Å²) in [5.41, 5.74) is 0. The van der Waals surface area contributed by atoms with Crippen LogP contribution in [0.2, 0.25) is 39.3 Å². The van der Waals surface area contributed by atoms with Gasteiger partial charge in [-0.15, -0.1) is 0 Å². The van der Waals surface area contributed by atoms with Crippen LogP contribution in [-0.2, 0) is 0 Å². The second-order valence-corrected chi connectivity index (χ2v) is 25.5. The van der Waals surface area contributed by atoms with Gasteiger partial charge in [-0.1, -0.05) is 93.9 Å². The number of halogens is 1. The molecule has 154 valence electrons. The molecule has 0 aliphatic carbocycles. The zero-order chi connectivity index (χ0) is 20.4. The highest BCUT2D eigenvalue weighted by Crippen LogP contribution is 2.64. The Kier molecular flexibility index (Phi) is 7.89. The van der Waals surface area contributed by atoms with Crippen molar-refractivity contribution in [1.82, 2.24) is 0 Å². The van der Waals surface area contributed by atoms with Crippen LogP contribution in [0.15, 0.2) is 91.0 Å². The Morgan fingerprint density at radius 2 is 0.724 bits per heavy atom. The van der Waals surface area contributed by atoms with Gasteiger partial charge in [-0.25, -0.2) is 0 Å². The third-order valence-corrected chi connectivity index (χ3v) is 25.1. The first-order valence-corrected chi connectivity index (χ1v) is 19.3. The van der Waals surface area contributed by atoms with E-state index in [4.69, 9.17) is 0 Å². The fourth-order valence-corrected chi connectivity index (χ4v) is 31.4. The Labute approximate surface area is 190 Å². The Morgan fingerprint density at radius 3 is 0.931 bits per heavy atom. The predicted octanol–water partition coefficient (Wildman–Crippen LogP) is 3.11. The largest absolute Gasteiger partial charge is 1.00 e. The molecule has 0 amide bonds. The maximum atomic E-state index is 2.60. The van der Waals surface area contributed by atoms with Crippen LogP contribution in [0.4, 0.5) is 0 Å². The lowest BCUT2D eigenvalue weighted by Crippen LogP contribution is -3.00. The normalized spacial score (nSPS) is 12.5. The standard InChI is InChI=1S/C25H34PSi2.BrH/c1-27(2,3)25(28(4,5)6)26(22-16-10-7-11-17-22,23-18-12-8-13-19-23)24-20-14-9-15-21-24;/h7-21,25H,1-6H3;1H/q+1;/p-1. The van der Waals surface area contributed by atoms with Crippen LogP contribution >= 0.6 is 7.26 Å². The minimum absolute atomic E-state index is 0. The van der Waals surface area contributed by atoms with E-state index in [1.807, 2.05) is 0 Å². The predicted molar refractivity (Wildman–Crippen MR) is 136 cm³/mol. The molecule has 29 heavy (non-hydrogen) atoms. The molecule has 0 spiro atoms. The third-order valence-electron chi connectivity index (χ3n) is 5.52. The molecule has 3 rings (SSSR count). The summed E-state index contributed by atoms with van der Waals surface area (Å²) < 4.78 is 0. The Bertz CT molecular complexity index is 774. The molecule has 0 saturated heterocycles. The second-order valence-electron chi connectivity index (χ2n) is 9.86. The minimum Gasteiger partial charge on any atom is -1.00 e. The van der Waals surface area contributed by atoms with Crippen molar-refractivity contribution in [2.24, 2.45) is 0 Å². The molecular formula is C25H34BrPSi2. The molecule has 0 unspecified atom stereocenters. The van der Waals surface area contributed by atoms with E-state index < -0.39 is 23.4 Å². The number of hydrogen-bond acceptors (Lipinski definition) is 0. The van der Waals surface area contributed by atoms with Gasteiger partial charge in [0.05, 0.1) is 21.1 Å². The zero-order valence-corrected chi connectivity index (χ0v) is 23.0. The summed E-state index contributed by atoms with van der Waals surface area (Å²) in [6.45, 7) is 15.6. The summed E-state index contributed by atoms with van der Waals surface area (Å²) in [7, 11) is -4.77. The van der Waals surface area contributed by atoms with Crippen molar-refractivity contribution in [3.63, 3.8) is 0 Å². The van der Waals surface area contributed by atoms with Gasteiger partial charge < -0.3 is 17.0 Å². The molecule has 0 aliphatic rings. The number of benzene rings is 3. The lowest BCUT2D eigenvalue weighted by Gasteiger charge is -2.46. The highest BCUT2D eigenvalue weighted by Gasteiger charge is 2.61. The van der Waals surface area contributed by atoms with Gasteiger partial charge in [-0.3, -0.25) is 0 Å². The van der Waals surface area contributed by atoms with Crippen LogP contribution < -0.4 is 32.9 Å². The van der Waals surface area contributed by atoms with E-state index in [1.165, 1.54) is 0 Å². The van der Waals surface area contributed by atoms with Gasteiger partial charge in [-0.05, 0) is 36.4 Å². The van der Waals surface area contributed by atoms with Crippen molar-refractivity contribution < 1.29 is 17.0 Å². The molecule has 0 bridgehead atoms. The molecule has 0 N–H and O–H groups in total. The lowest BCUT2D eigenvalue weighted by atomic mass is 10.4. The van der Waals surface area contributed by atoms with Crippen molar-refractivity contribution in [3.8, 4) is 0 Å². The maximum Gasteiger partial charge on any atom is 0.108 e. The van der Waals surface area contributed by atoms with E-state index >= 15 is 0 Å². The highest BCUT2D eigenvalue weighted by atomic mass is 79.9. The van der Waals surface area contributed by atoms with Crippen LogP contribution in [0.3, 0.4) is 0 Å². The molecule has 0 atom stereocenters. The van der Waals surface area contributed by atoms with Crippen molar-refractivity contribution in [2.45, 2.75) is 44.2 Å². The summed E-state index contributed by atoms with van der Waals surface area (Å²) in [5, 5.41) is 4.63. The summed E-state index contributed by atoms with van der Waals surface area (Å²) in [5.74, 6) is 0. The van der Waals surface area contributed by atoms with Crippen LogP contribution in [0, 0.1) is 0 Å². The van der Waals surface area contributed by atoms with Crippen molar-refractivity contribution in [3.05, 3.63) is 91.0 Å². The smallest absolute Gasteiger partial charge is 0.108 e. The molecule has 0 radical (unpaired) electrons. The average Bonchev–Trinajstić information content (AvgIpc) is 2.66. The third kappa shape index (κ3) is 4.85. The van der Waals surface area contributed by atoms with Gasteiger partial charge in [0.1, 0.15) is 23.2 Å². The van der Waals surface area contributed by atoms with Gasteiger partial charge >= 0.3 is 0 Å². The summed E-state index contributed by atoms with van der Waals surface area (Å²) in [4.78, 5) is 0.764. The Balaban J connectivity index is 0.00000300. The lowest BCUT2D eigenvalue weighted by molar-refractivity contribution is -0.00000622. The molecule has 0 aliphatic heterocycles. The first kappa shape index (κ1) is 24.3. The van der Waals surface area contributed by atoms with Gasteiger partial charge in [0, 0.05) is 0 Å². The van der Waals surface area contributed by atoms with Crippen LogP contribution in [0.5, 0.6) is 0 Å². The SMILES string of the molecule is C[Si](C)(C)C([Si](C)(C)C)[P+](c1ccccc1)(c1ccccc1)c1ccccc1.[Br-]. The molecule has 0 aromatic heterocycles. The molecule has 0 heterocycles. The van der Waals surface area contributed by atoms with Crippen LogP contribution in [0.1, 0.15) is 0 Å².